The maximum absolute atomic E-state index is 5.49. The van der Waals surface area contributed by atoms with E-state index in [4.69, 9.17) is 9.97 Å². The van der Waals surface area contributed by atoms with E-state index in [-0.39, 0.29) is 11.8 Å². The van der Waals surface area contributed by atoms with Gasteiger partial charge in [-0.1, -0.05) is 104 Å². The van der Waals surface area contributed by atoms with Crippen LogP contribution in [0.2, 0.25) is 0 Å². The van der Waals surface area contributed by atoms with Crippen LogP contribution in [0.3, 0.4) is 0 Å². The molecule has 2 heterocycles. The summed E-state index contributed by atoms with van der Waals surface area (Å²) in [5.41, 5.74) is 11.4. The van der Waals surface area contributed by atoms with Gasteiger partial charge in [0.2, 0.25) is 0 Å². The summed E-state index contributed by atoms with van der Waals surface area (Å²) in [5, 5.41) is 2.64. The minimum Gasteiger partial charge on any atom is -0.261 e. The summed E-state index contributed by atoms with van der Waals surface area (Å²) in [6.45, 7) is 2.42. The first-order valence-corrected chi connectivity index (χ1v) is 17.4. The molecule has 0 spiro atoms. The van der Waals surface area contributed by atoms with Crippen LogP contribution >= 0.6 is 0 Å². The van der Waals surface area contributed by atoms with Crippen LogP contribution in [0.5, 0.6) is 0 Å². The lowest BCUT2D eigenvalue weighted by Crippen LogP contribution is -2.32. The zero-order valence-corrected chi connectivity index (χ0v) is 26.9. The van der Waals surface area contributed by atoms with Crippen molar-refractivity contribution in [1.29, 1.82) is 0 Å². The molecule has 0 saturated heterocycles. The molecule has 2 aromatic heterocycles. The summed E-state index contributed by atoms with van der Waals surface area (Å²) in [5.74, 6) is 2.65. The highest BCUT2D eigenvalue weighted by atomic mass is 14.9. The van der Waals surface area contributed by atoms with Gasteiger partial charge in [0.05, 0.1) is 5.69 Å². The zero-order chi connectivity index (χ0) is 31.3. The van der Waals surface area contributed by atoms with Gasteiger partial charge in [0, 0.05) is 40.6 Å². The van der Waals surface area contributed by atoms with E-state index in [1.165, 1.54) is 45.0 Å². The van der Waals surface area contributed by atoms with E-state index >= 15 is 0 Å². The van der Waals surface area contributed by atoms with Gasteiger partial charge in [0.1, 0.15) is 0 Å². The molecule has 4 aliphatic rings. The number of fused-ring (bicyclic) bond motifs is 6. The molecular weight excluding hydrogens is 571 g/mol. The highest BCUT2D eigenvalue weighted by molar-refractivity contribution is 5.95. The molecule has 230 valence electrons. The zero-order valence-electron chi connectivity index (χ0n) is 26.9. The normalized spacial score (nSPS) is 24.4. The lowest BCUT2D eigenvalue weighted by atomic mass is 9.60. The Bertz CT molecular complexity index is 2120. The highest BCUT2D eigenvalue weighted by Crippen LogP contribution is 2.54. The Labute approximate surface area is 277 Å². The molecule has 0 aliphatic heterocycles. The quantitative estimate of drug-likeness (QED) is 0.190. The van der Waals surface area contributed by atoms with Gasteiger partial charge in [0.15, 0.2) is 5.82 Å². The number of aryl methyl sites for hydroxylation is 1. The molecule has 3 nitrogen and oxygen atoms in total. The minimum absolute atomic E-state index is 0.267. The summed E-state index contributed by atoms with van der Waals surface area (Å²) in [6.07, 6.45) is 23.6. The third kappa shape index (κ3) is 4.91. The number of allylic oxidation sites excluding steroid dienone is 7. The van der Waals surface area contributed by atoms with Crippen molar-refractivity contribution in [2.75, 3.05) is 0 Å². The van der Waals surface area contributed by atoms with Crippen LogP contribution in [0.15, 0.2) is 122 Å². The van der Waals surface area contributed by atoms with Gasteiger partial charge in [-0.15, -0.1) is 0 Å². The molecule has 0 fully saturated rings. The molecule has 47 heavy (non-hydrogen) atoms. The predicted octanol–water partition coefficient (Wildman–Crippen LogP) is 10.7. The molecule has 9 rings (SSSR count). The first-order chi connectivity index (χ1) is 23.2. The van der Waals surface area contributed by atoms with Crippen LogP contribution < -0.4 is 0 Å². The van der Waals surface area contributed by atoms with E-state index in [0.29, 0.717) is 17.8 Å². The van der Waals surface area contributed by atoms with Crippen LogP contribution in [0.25, 0.3) is 33.7 Å². The third-order valence-corrected chi connectivity index (χ3v) is 11.1. The van der Waals surface area contributed by atoms with E-state index in [1.807, 2.05) is 12.3 Å². The molecule has 0 radical (unpaired) electrons. The van der Waals surface area contributed by atoms with E-state index in [9.17, 15) is 0 Å². The Morgan fingerprint density at radius 1 is 0.766 bits per heavy atom. The molecule has 0 N–H and O–H groups in total. The van der Waals surface area contributed by atoms with E-state index in [1.54, 1.807) is 0 Å². The fraction of sp³-hybridized carbons (Fsp3) is 0.250. The van der Waals surface area contributed by atoms with Gasteiger partial charge in [-0.2, -0.15) is 0 Å². The molecule has 3 heteroatoms. The summed E-state index contributed by atoms with van der Waals surface area (Å²) in [7, 11) is 0. The summed E-state index contributed by atoms with van der Waals surface area (Å²) in [4.78, 5) is 15.5. The highest BCUT2D eigenvalue weighted by Gasteiger charge is 2.42. The molecule has 5 unspecified atom stereocenters. The third-order valence-electron chi connectivity index (χ3n) is 11.1. The average molecular weight is 610 g/mol. The largest absolute Gasteiger partial charge is 0.261 e. The Kier molecular flexibility index (Phi) is 7.07. The van der Waals surface area contributed by atoms with E-state index in [0.717, 1.165) is 54.2 Å². The molecule has 5 atom stereocenters. The summed E-state index contributed by atoms with van der Waals surface area (Å²) in [6, 6.07) is 28.9. The molecule has 0 bridgehead atoms. The lowest BCUT2D eigenvalue weighted by molar-refractivity contribution is 0.322. The van der Waals surface area contributed by atoms with Gasteiger partial charge >= 0.3 is 0 Å². The first-order valence-electron chi connectivity index (χ1n) is 17.4. The predicted molar refractivity (Wildman–Crippen MR) is 193 cm³/mol. The van der Waals surface area contributed by atoms with Gasteiger partial charge in [-0.3, -0.25) is 4.98 Å². The van der Waals surface area contributed by atoms with Crippen LogP contribution in [-0.4, -0.2) is 15.0 Å². The fourth-order valence-electron chi connectivity index (χ4n) is 8.88. The van der Waals surface area contributed by atoms with Crippen molar-refractivity contribution in [3.8, 4) is 11.3 Å². The van der Waals surface area contributed by atoms with E-state index in [2.05, 4.69) is 127 Å². The van der Waals surface area contributed by atoms with Gasteiger partial charge in [0.25, 0.3) is 0 Å². The topological polar surface area (TPSA) is 38.7 Å². The van der Waals surface area contributed by atoms with Crippen molar-refractivity contribution in [1.82, 2.24) is 15.0 Å². The van der Waals surface area contributed by atoms with Crippen LogP contribution in [0.1, 0.15) is 95.7 Å². The van der Waals surface area contributed by atoms with Crippen molar-refractivity contribution in [3.63, 3.8) is 0 Å². The van der Waals surface area contributed by atoms with Crippen molar-refractivity contribution < 1.29 is 0 Å². The van der Waals surface area contributed by atoms with Gasteiger partial charge in [-0.25, -0.2) is 9.97 Å². The second-order valence-electron chi connectivity index (χ2n) is 13.7. The Morgan fingerprint density at radius 2 is 1.64 bits per heavy atom. The molecule has 0 saturated carbocycles. The maximum Gasteiger partial charge on any atom is 0.159 e. The molecule has 4 aliphatic carbocycles. The Balaban J connectivity index is 1.23. The summed E-state index contributed by atoms with van der Waals surface area (Å²) < 4.78 is 0. The van der Waals surface area contributed by atoms with Crippen molar-refractivity contribution >= 4 is 22.4 Å². The molecule has 0 amide bonds. The fourth-order valence-corrected chi connectivity index (χ4v) is 8.88. The lowest BCUT2D eigenvalue weighted by Gasteiger charge is -2.43. The standard InChI is InChI=1S/C44H39N3/c1-28-32-13-4-5-15-34(32)36-17-8-9-19-38(36)43(28)42-27-41(39-26-31-12-2-3-14-33(31)35-16-6-7-18-37(35)39)46-44(47-42)30-23-21-29(22-24-30)40-20-10-11-25-45-40/h2-5,7,9-15,18-21,23-29,36,38,43H,6,8,16-17,22H2,1H3. The van der Waals surface area contributed by atoms with Crippen molar-refractivity contribution in [2.24, 2.45) is 5.92 Å². The monoisotopic (exact) mass is 609 g/mol. The molecule has 5 aromatic rings. The first kappa shape index (κ1) is 28.3. The Morgan fingerprint density at radius 3 is 2.51 bits per heavy atom. The van der Waals surface area contributed by atoms with Crippen LogP contribution in [0, 0.1) is 5.92 Å². The van der Waals surface area contributed by atoms with Crippen molar-refractivity contribution in [3.05, 3.63) is 161 Å². The maximum atomic E-state index is 5.49. The minimum atomic E-state index is 0.267. The number of rotatable bonds is 4. The number of hydrogen-bond acceptors (Lipinski definition) is 3. The summed E-state index contributed by atoms with van der Waals surface area (Å²) >= 11 is 0. The second kappa shape index (κ2) is 11.7. The van der Waals surface area contributed by atoms with Crippen LogP contribution in [-0.2, 0) is 6.42 Å². The van der Waals surface area contributed by atoms with Crippen LogP contribution in [0.4, 0.5) is 0 Å². The smallest absolute Gasteiger partial charge is 0.159 e. The number of hydrogen-bond donors (Lipinski definition) is 0. The number of nitrogens with zero attached hydrogens (tertiary/aromatic N) is 3. The SMILES string of the molecule is CC1c2ccccc2C2CCC=CC2C1c1cc(-c2cc3ccccc3c3c2C=CCC3)nc(C2=CCC(c3ccccn3)C=C2)n1. The number of benzene rings is 3. The Hall–Kier alpha value is -4.89. The number of aromatic nitrogens is 3. The average Bonchev–Trinajstić information content (AvgIpc) is 3.15. The van der Waals surface area contributed by atoms with Crippen molar-refractivity contribution in [2.45, 2.75) is 62.7 Å². The molecule has 3 aromatic carbocycles. The number of pyridine rings is 1. The molecular formula is C44H39N3. The van der Waals surface area contributed by atoms with E-state index < -0.39 is 0 Å². The second-order valence-corrected chi connectivity index (χ2v) is 13.7. The van der Waals surface area contributed by atoms with Gasteiger partial charge in [-0.05, 0) is 107 Å². The van der Waals surface area contributed by atoms with Gasteiger partial charge < -0.3 is 0 Å².